The molecule has 0 radical (unpaired) electrons. The molecule has 3 aromatic carbocycles. The van der Waals surface area contributed by atoms with Crippen molar-refractivity contribution < 1.29 is 9.59 Å². The fourth-order valence-electron chi connectivity index (χ4n) is 4.87. The first-order chi connectivity index (χ1) is 15.2. The molecule has 1 atom stereocenters. The number of rotatable bonds is 5. The van der Waals surface area contributed by atoms with Gasteiger partial charge in [-0.05, 0) is 46.4 Å². The molecule has 2 N–H and O–H groups in total. The molecule has 3 aromatic rings. The third-order valence-electron chi connectivity index (χ3n) is 6.44. The largest absolute Gasteiger partial charge is 0.353 e. The van der Waals surface area contributed by atoms with Crippen LogP contribution in [0.1, 0.15) is 23.1 Å². The van der Waals surface area contributed by atoms with Gasteiger partial charge in [-0.25, -0.2) is 0 Å². The second kappa shape index (κ2) is 8.52. The van der Waals surface area contributed by atoms with Gasteiger partial charge in [-0.15, -0.1) is 0 Å². The van der Waals surface area contributed by atoms with Crippen LogP contribution in [-0.4, -0.2) is 41.9 Å². The summed E-state index contributed by atoms with van der Waals surface area (Å²) in [5.41, 5.74) is 3.77. The third kappa shape index (κ3) is 4.32. The topological polar surface area (TPSA) is 61.4 Å². The van der Waals surface area contributed by atoms with E-state index in [9.17, 15) is 9.59 Å². The number of amides is 2. The first kappa shape index (κ1) is 19.8. The summed E-state index contributed by atoms with van der Waals surface area (Å²) in [6.45, 7) is 2.01. The Kier molecular flexibility index (Phi) is 5.43. The minimum Gasteiger partial charge on any atom is -0.353 e. The van der Waals surface area contributed by atoms with Crippen molar-refractivity contribution in [2.24, 2.45) is 0 Å². The van der Waals surface area contributed by atoms with Gasteiger partial charge in [0.05, 0.1) is 12.5 Å². The van der Waals surface area contributed by atoms with E-state index in [1.54, 1.807) is 0 Å². The molecule has 5 nitrogen and oxygen atoms in total. The van der Waals surface area contributed by atoms with E-state index in [4.69, 9.17) is 0 Å². The minimum atomic E-state index is -0.441. The minimum absolute atomic E-state index is 0.0524. The van der Waals surface area contributed by atoms with E-state index in [0.717, 1.165) is 24.9 Å². The Morgan fingerprint density at radius 3 is 2.45 bits per heavy atom. The number of hydrogen-bond acceptors (Lipinski definition) is 3. The lowest BCUT2D eigenvalue weighted by Crippen LogP contribution is -2.56. The molecule has 1 saturated heterocycles. The van der Waals surface area contributed by atoms with Gasteiger partial charge >= 0.3 is 0 Å². The Bertz CT molecular complexity index is 1100. The van der Waals surface area contributed by atoms with Crippen molar-refractivity contribution in [2.75, 3.05) is 13.1 Å². The molecular weight excluding hydrogens is 386 g/mol. The standard InChI is InChI=1S/C26H27N3O2/c30-25(28-23-14-21-7-3-4-8-22(21)15-23)16-24-26(31)27-11-12-29(24)17-18-9-10-19-5-1-2-6-20(19)13-18/h1-10,13,23-24H,11-12,14-17H2,(H,27,31)(H,28,30)/t24-/m0/s1. The van der Waals surface area contributed by atoms with Crippen LogP contribution in [0.3, 0.4) is 0 Å². The van der Waals surface area contributed by atoms with Gasteiger partial charge in [0.1, 0.15) is 0 Å². The van der Waals surface area contributed by atoms with E-state index in [1.165, 1.54) is 21.9 Å². The van der Waals surface area contributed by atoms with Crippen LogP contribution in [0.5, 0.6) is 0 Å². The predicted octanol–water partition coefficient (Wildman–Crippen LogP) is 2.81. The second-order valence-electron chi connectivity index (χ2n) is 8.60. The summed E-state index contributed by atoms with van der Waals surface area (Å²) in [5.74, 6) is -0.111. The van der Waals surface area contributed by atoms with Crippen LogP contribution >= 0.6 is 0 Å². The molecule has 1 aliphatic carbocycles. The van der Waals surface area contributed by atoms with Gasteiger partial charge in [0.2, 0.25) is 11.8 Å². The molecule has 1 fully saturated rings. The maximum Gasteiger partial charge on any atom is 0.237 e. The Morgan fingerprint density at radius 1 is 0.968 bits per heavy atom. The zero-order valence-corrected chi connectivity index (χ0v) is 17.5. The number of carbonyl (C=O) groups is 2. The van der Waals surface area contributed by atoms with E-state index >= 15 is 0 Å². The summed E-state index contributed by atoms with van der Waals surface area (Å²) in [7, 11) is 0. The summed E-state index contributed by atoms with van der Waals surface area (Å²) in [6.07, 6.45) is 1.91. The van der Waals surface area contributed by atoms with E-state index in [1.807, 2.05) is 24.3 Å². The first-order valence-electron chi connectivity index (χ1n) is 11.0. The molecule has 0 aromatic heterocycles. The molecule has 5 heteroatoms. The maximum absolute atomic E-state index is 12.8. The second-order valence-corrected chi connectivity index (χ2v) is 8.60. The van der Waals surface area contributed by atoms with E-state index in [0.29, 0.717) is 13.1 Å². The SMILES string of the molecule is O=C(C[C@H]1C(=O)NCCN1Cc1ccc2ccccc2c1)NC1Cc2ccccc2C1. The highest BCUT2D eigenvalue weighted by Gasteiger charge is 2.32. The van der Waals surface area contributed by atoms with Crippen molar-refractivity contribution in [3.05, 3.63) is 83.4 Å². The van der Waals surface area contributed by atoms with Crippen LogP contribution in [0, 0.1) is 0 Å². The highest BCUT2D eigenvalue weighted by Crippen LogP contribution is 2.23. The monoisotopic (exact) mass is 413 g/mol. The molecule has 2 aliphatic rings. The van der Waals surface area contributed by atoms with Crippen LogP contribution in [0.4, 0.5) is 0 Å². The van der Waals surface area contributed by atoms with Crippen molar-refractivity contribution in [3.63, 3.8) is 0 Å². The van der Waals surface area contributed by atoms with Gasteiger partial charge in [-0.2, -0.15) is 0 Å². The molecule has 0 saturated carbocycles. The number of piperazine rings is 1. The van der Waals surface area contributed by atoms with Gasteiger partial charge in [0.15, 0.2) is 0 Å². The smallest absolute Gasteiger partial charge is 0.237 e. The summed E-state index contributed by atoms with van der Waals surface area (Å²) in [5, 5.41) is 8.48. The van der Waals surface area contributed by atoms with Gasteiger partial charge in [-0.1, -0.05) is 60.7 Å². The third-order valence-corrected chi connectivity index (χ3v) is 6.44. The Balaban J connectivity index is 1.25. The zero-order valence-electron chi connectivity index (χ0n) is 17.5. The van der Waals surface area contributed by atoms with Gasteiger partial charge in [0, 0.05) is 25.7 Å². The fourth-order valence-corrected chi connectivity index (χ4v) is 4.87. The van der Waals surface area contributed by atoms with Gasteiger partial charge in [0.25, 0.3) is 0 Å². The zero-order chi connectivity index (χ0) is 21.2. The highest BCUT2D eigenvalue weighted by molar-refractivity contribution is 5.89. The van der Waals surface area contributed by atoms with Crippen LogP contribution < -0.4 is 10.6 Å². The number of nitrogens with one attached hydrogen (secondary N) is 2. The molecule has 0 bridgehead atoms. The molecular formula is C26H27N3O2. The van der Waals surface area contributed by atoms with Crippen molar-refractivity contribution in [2.45, 2.75) is 37.9 Å². The Morgan fingerprint density at radius 2 is 1.68 bits per heavy atom. The number of fused-ring (bicyclic) bond motifs is 2. The normalized spacial score (nSPS) is 19.2. The van der Waals surface area contributed by atoms with Crippen LogP contribution in [0.15, 0.2) is 66.7 Å². The van der Waals surface area contributed by atoms with Crippen LogP contribution in [-0.2, 0) is 29.0 Å². The maximum atomic E-state index is 12.8. The average molecular weight is 414 g/mol. The van der Waals surface area contributed by atoms with Crippen molar-refractivity contribution in [1.82, 2.24) is 15.5 Å². The van der Waals surface area contributed by atoms with Crippen molar-refractivity contribution in [3.8, 4) is 0 Å². The van der Waals surface area contributed by atoms with Gasteiger partial charge in [-0.3, -0.25) is 14.5 Å². The van der Waals surface area contributed by atoms with Crippen molar-refractivity contribution in [1.29, 1.82) is 0 Å². The number of carbonyl (C=O) groups excluding carboxylic acids is 2. The van der Waals surface area contributed by atoms with Gasteiger partial charge < -0.3 is 10.6 Å². The van der Waals surface area contributed by atoms with Crippen LogP contribution in [0.25, 0.3) is 10.8 Å². The lowest BCUT2D eigenvalue weighted by atomic mass is 10.0. The van der Waals surface area contributed by atoms with E-state index in [-0.39, 0.29) is 24.3 Å². The molecule has 0 unspecified atom stereocenters. The molecule has 5 rings (SSSR count). The summed E-state index contributed by atoms with van der Waals surface area (Å²) in [6, 6.07) is 22.7. The Hall–Kier alpha value is -3.18. The number of benzene rings is 3. The quantitative estimate of drug-likeness (QED) is 0.676. The molecule has 158 valence electrons. The van der Waals surface area contributed by atoms with E-state index in [2.05, 4.69) is 58.0 Å². The summed E-state index contributed by atoms with van der Waals surface area (Å²) >= 11 is 0. The van der Waals surface area contributed by atoms with Crippen molar-refractivity contribution >= 4 is 22.6 Å². The Labute approximate surface area is 182 Å². The average Bonchev–Trinajstić information content (AvgIpc) is 3.18. The van der Waals surface area contributed by atoms with Crippen LogP contribution in [0.2, 0.25) is 0 Å². The molecule has 31 heavy (non-hydrogen) atoms. The van der Waals surface area contributed by atoms with E-state index < -0.39 is 6.04 Å². The molecule has 0 spiro atoms. The molecule has 2 amide bonds. The number of hydrogen-bond donors (Lipinski definition) is 2. The summed E-state index contributed by atoms with van der Waals surface area (Å²) in [4.78, 5) is 27.6. The molecule has 1 heterocycles. The first-order valence-corrected chi connectivity index (χ1v) is 11.0. The predicted molar refractivity (Wildman–Crippen MR) is 122 cm³/mol. The molecule has 1 aliphatic heterocycles. The summed E-state index contributed by atoms with van der Waals surface area (Å²) < 4.78 is 0. The fraction of sp³-hybridized carbons (Fsp3) is 0.308. The number of nitrogens with zero attached hydrogens (tertiary/aromatic N) is 1. The lowest BCUT2D eigenvalue weighted by molar-refractivity contribution is -0.134. The highest BCUT2D eigenvalue weighted by atomic mass is 16.2. The lowest BCUT2D eigenvalue weighted by Gasteiger charge is -2.35.